The van der Waals surface area contributed by atoms with Crippen LogP contribution in [0.1, 0.15) is 81.2 Å². The van der Waals surface area contributed by atoms with E-state index >= 15 is 0 Å². The van der Waals surface area contributed by atoms with Crippen LogP contribution < -0.4 is 5.32 Å². The number of hydrogen-bond donors (Lipinski definition) is 1. The van der Waals surface area contributed by atoms with E-state index in [1.165, 1.54) is 55.4 Å². The molecule has 1 heterocycles. The fourth-order valence-electron chi connectivity index (χ4n) is 5.79. The van der Waals surface area contributed by atoms with Crippen molar-refractivity contribution in [2.45, 2.75) is 83.0 Å². The number of halogens is 3. The molecule has 1 aliphatic carbocycles. The van der Waals surface area contributed by atoms with Gasteiger partial charge in [-0.1, -0.05) is 76.4 Å². The first-order chi connectivity index (χ1) is 18.0. The fourth-order valence-corrected chi connectivity index (χ4v) is 5.79. The van der Waals surface area contributed by atoms with Crippen molar-refractivity contribution in [1.29, 1.82) is 0 Å². The van der Waals surface area contributed by atoms with Gasteiger partial charge in [-0.2, -0.15) is 13.2 Å². The lowest BCUT2D eigenvalue weighted by atomic mass is 9.86. The highest BCUT2D eigenvalue weighted by molar-refractivity contribution is 5.78. The van der Waals surface area contributed by atoms with E-state index in [4.69, 9.17) is 0 Å². The van der Waals surface area contributed by atoms with Crippen molar-refractivity contribution in [3.05, 3.63) is 70.8 Å². The van der Waals surface area contributed by atoms with E-state index in [2.05, 4.69) is 60.2 Å². The van der Waals surface area contributed by atoms with E-state index in [1.54, 1.807) is 0 Å². The highest BCUT2D eigenvalue weighted by atomic mass is 19.4. The quantitative estimate of drug-likeness (QED) is 0.454. The van der Waals surface area contributed by atoms with Gasteiger partial charge in [0.1, 0.15) is 0 Å². The van der Waals surface area contributed by atoms with Gasteiger partial charge in [-0.15, -0.1) is 0 Å². The Morgan fingerprint density at radius 2 is 1.45 bits per heavy atom. The maximum atomic E-state index is 12.9. The fraction of sp³-hybridized carbons (Fsp3) is 0.581. The SMILES string of the molecule is CC(C)(C)c1ccc(C(CNC(=O)Cc2ccc(C(F)(F)F)cc2)N2CCN(C3CCCCC3)CC2)cc1. The molecule has 2 aromatic rings. The minimum atomic E-state index is -4.38. The van der Waals surface area contributed by atoms with Gasteiger partial charge in [-0.05, 0) is 47.1 Å². The van der Waals surface area contributed by atoms with Crippen LogP contribution in [0.3, 0.4) is 0 Å². The Bertz CT molecular complexity index is 1030. The highest BCUT2D eigenvalue weighted by Gasteiger charge is 2.31. The van der Waals surface area contributed by atoms with Crippen molar-refractivity contribution in [3.63, 3.8) is 0 Å². The molecule has 1 unspecified atom stereocenters. The van der Waals surface area contributed by atoms with Crippen molar-refractivity contribution in [3.8, 4) is 0 Å². The number of carbonyl (C=O) groups is 1. The van der Waals surface area contributed by atoms with Crippen LogP contribution in [0.4, 0.5) is 13.2 Å². The molecule has 0 radical (unpaired) electrons. The number of rotatable bonds is 7. The van der Waals surface area contributed by atoms with Crippen molar-refractivity contribution in [2.75, 3.05) is 32.7 Å². The Morgan fingerprint density at radius 3 is 2.00 bits per heavy atom. The van der Waals surface area contributed by atoms with E-state index in [1.807, 2.05) is 0 Å². The first-order valence-corrected chi connectivity index (χ1v) is 14.0. The second-order valence-electron chi connectivity index (χ2n) is 11.9. The lowest BCUT2D eigenvalue weighted by Crippen LogP contribution is -2.53. The molecule has 0 bridgehead atoms. The van der Waals surface area contributed by atoms with Crippen molar-refractivity contribution < 1.29 is 18.0 Å². The molecule has 2 aromatic carbocycles. The third kappa shape index (κ3) is 7.60. The minimum Gasteiger partial charge on any atom is -0.354 e. The number of nitrogens with one attached hydrogen (secondary N) is 1. The van der Waals surface area contributed by atoms with Crippen molar-refractivity contribution in [1.82, 2.24) is 15.1 Å². The number of nitrogens with zero attached hydrogens (tertiary/aromatic N) is 2. The van der Waals surface area contributed by atoms with Gasteiger partial charge in [-0.3, -0.25) is 14.6 Å². The Morgan fingerprint density at radius 1 is 0.868 bits per heavy atom. The molecule has 1 atom stereocenters. The number of carbonyl (C=O) groups excluding carboxylic acids is 1. The van der Waals surface area contributed by atoms with Gasteiger partial charge in [-0.25, -0.2) is 0 Å². The lowest BCUT2D eigenvalue weighted by Gasteiger charge is -2.43. The maximum absolute atomic E-state index is 12.9. The summed E-state index contributed by atoms with van der Waals surface area (Å²) in [6.45, 7) is 11.1. The molecule has 4 nitrogen and oxygen atoms in total. The van der Waals surface area contributed by atoms with Gasteiger partial charge in [0.2, 0.25) is 5.91 Å². The maximum Gasteiger partial charge on any atom is 0.416 e. The highest BCUT2D eigenvalue weighted by Crippen LogP contribution is 2.30. The summed E-state index contributed by atoms with van der Waals surface area (Å²) in [5.41, 5.74) is 2.39. The van der Waals surface area contributed by atoms with Crippen LogP contribution in [0.2, 0.25) is 0 Å². The molecule has 4 rings (SSSR count). The zero-order valence-corrected chi connectivity index (χ0v) is 23.0. The summed E-state index contributed by atoms with van der Waals surface area (Å²) in [6.07, 6.45) is 2.31. The summed E-state index contributed by atoms with van der Waals surface area (Å²) in [5.74, 6) is -0.179. The zero-order valence-electron chi connectivity index (χ0n) is 23.0. The van der Waals surface area contributed by atoms with Gasteiger partial charge in [0.05, 0.1) is 18.0 Å². The average Bonchev–Trinajstić information content (AvgIpc) is 2.89. The van der Waals surface area contributed by atoms with E-state index in [0.29, 0.717) is 18.2 Å². The van der Waals surface area contributed by atoms with E-state index in [9.17, 15) is 18.0 Å². The molecule has 1 aliphatic heterocycles. The van der Waals surface area contributed by atoms with Crippen molar-refractivity contribution in [2.24, 2.45) is 0 Å². The number of piperazine rings is 1. The van der Waals surface area contributed by atoms with E-state index in [-0.39, 0.29) is 23.8 Å². The molecule has 0 spiro atoms. The zero-order chi connectivity index (χ0) is 27.3. The second kappa shape index (κ2) is 12.2. The Hall–Kier alpha value is -2.38. The third-order valence-corrected chi connectivity index (χ3v) is 8.18. The minimum absolute atomic E-state index is 0.0501. The van der Waals surface area contributed by atoms with Crippen LogP contribution in [-0.2, 0) is 22.8 Å². The van der Waals surface area contributed by atoms with Crippen LogP contribution in [0.15, 0.2) is 48.5 Å². The molecule has 1 saturated heterocycles. The topological polar surface area (TPSA) is 35.6 Å². The van der Waals surface area contributed by atoms with Gasteiger partial charge >= 0.3 is 6.18 Å². The summed E-state index contributed by atoms with van der Waals surface area (Å²) < 4.78 is 38.6. The Kier molecular flexibility index (Phi) is 9.19. The Balaban J connectivity index is 1.41. The predicted octanol–water partition coefficient (Wildman–Crippen LogP) is 6.35. The third-order valence-electron chi connectivity index (χ3n) is 8.18. The molecule has 1 amide bonds. The van der Waals surface area contributed by atoms with Crippen LogP contribution >= 0.6 is 0 Å². The molecule has 1 saturated carbocycles. The summed E-state index contributed by atoms with van der Waals surface area (Å²) in [4.78, 5) is 17.9. The smallest absolute Gasteiger partial charge is 0.354 e. The molecule has 2 aliphatic rings. The van der Waals surface area contributed by atoms with Gasteiger partial charge < -0.3 is 5.32 Å². The summed E-state index contributed by atoms with van der Waals surface area (Å²) in [5, 5.41) is 3.07. The van der Waals surface area contributed by atoms with Crippen LogP contribution in [0.25, 0.3) is 0 Å². The summed E-state index contributed by atoms with van der Waals surface area (Å²) >= 11 is 0. The van der Waals surface area contributed by atoms with Crippen LogP contribution in [0.5, 0.6) is 0 Å². The molecular formula is C31H42F3N3O. The summed E-state index contributed by atoms with van der Waals surface area (Å²) in [7, 11) is 0. The van der Waals surface area contributed by atoms with Crippen molar-refractivity contribution >= 4 is 5.91 Å². The molecule has 208 valence electrons. The largest absolute Gasteiger partial charge is 0.416 e. The number of benzene rings is 2. The molecule has 7 heteroatoms. The van der Waals surface area contributed by atoms with E-state index in [0.717, 1.165) is 38.3 Å². The number of amides is 1. The standard InChI is InChI=1S/C31H42F3N3O/c1-30(2,3)25-15-11-24(12-16-25)28(37-19-17-36(18-20-37)27-7-5-4-6-8-27)22-35-29(38)21-23-9-13-26(14-10-23)31(32,33)34/h9-16,27-28H,4-8,17-22H2,1-3H3,(H,35,38). The van der Waals surface area contributed by atoms with Gasteiger partial charge in [0, 0.05) is 38.8 Å². The normalized spacial score (nSPS) is 19.3. The molecule has 38 heavy (non-hydrogen) atoms. The lowest BCUT2D eigenvalue weighted by molar-refractivity contribution is -0.137. The van der Waals surface area contributed by atoms with Crippen LogP contribution in [-0.4, -0.2) is 54.5 Å². The first-order valence-electron chi connectivity index (χ1n) is 14.0. The number of hydrogen-bond acceptors (Lipinski definition) is 3. The number of alkyl halides is 3. The van der Waals surface area contributed by atoms with Gasteiger partial charge in [0.15, 0.2) is 0 Å². The van der Waals surface area contributed by atoms with Gasteiger partial charge in [0.25, 0.3) is 0 Å². The molecule has 2 fully saturated rings. The van der Waals surface area contributed by atoms with E-state index < -0.39 is 11.7 Å². The molecule has 1 N–H and O–H groups in total. The second-order valence-corrected chi connectivity index (χ2v) is 11.9. The average molecular weight is 530 g/mol. The molecular weight excluding hydrogens is 487 g/mol. The monoisotopic (exact) mass is 529 g/mol. The Labute approximate surface area is 225 Å². The van der Waals surface area contributed by atoms with Crippen LogP contribution in [0, 0.1) is 0 Å². The summed E-state index contributed by atoms with van der Waals surface area (Å²) in [6, 6.07) is 14.3. The molecule has 0 aromatic heterocycles. The first kappa shape index (κ1) is 28.6. The predicted molar refractivity (Wildman–Crippen MR) is 146 cm³/mol.